The van der Waals surface area contributed by atoms with Gasteiger partial charge in [-0.3, -0.25) is 9.59 Å². The number of nitrogens with zero attached hydrogens (tertiary/aromatic N) is 2. The SMILES string of the molecule is CC(C)n1c[n+](C)c2c1C(=O)c1cc3ccccc3cc1C2=O. The molecule has 1 heterocycles. The minimum absolute atomic E-state index is 0.0744. The number of benzene rings is 2. The van der Waals surface area contributed by atoms with Crippen LogP contribution < -0.4 is 4.57 Å². The molecule has 4 nitrogen and oxygen atoms in total. The molecule has 4 heteroatoms. The molecule has 0 fully saturated rings. The predicted molar refractivity (Wildman–Crippen MR) is 86.8 cm³/mol. The number of imidazole rings is 1. The van der Waals surface area contributed by atoms with Gasteiger partial charge in [0.2, 0.25) is 29.3 Å². The van der Waals surface area contributed by atoms with Crippen LogP contribution in [0.2, 0.25) is 0 Å². The summed E-state index contributed by atoms with van der Waals surface area (Å²) in [5.41, 5.74) is 1.97. The number of carbonyl (C=O) groups excluding carboxylic acids is 2. The molecular weight excluding hydrogens is 288 g/mol. The highest BCUT2D eigenvalue weighted by Gasteiger charge is 2.40. The Morgan fingerprint density at radius 3 is 2.09 bits per heavy atom. The van der Waals surface area contributed by atoms with Gasteiger partial charge in [-0.2, -0.15) is 0 Å². The normalized spacial score (nSPS) is 13.6. The molecule has 0 aliphatic heterocycles. The van der Waals surface area contributed by atoms with Crippen molar-refractivity contribution < 1.29 is 14.2 Å². The first kappa shape index (κ1) is 13.9. The summed E-state index contributed by atoms with van der Waals surface area (Å²) in [6.07, 6.45) is 1.83. The van der Waals surface area contributed by atoms with Gasteiger partial charge in [0.25, 0.3) is 0 Å². The van der Waals surface area contributed by atoms with Crippen molar-refractivity contribution >= 4 is 22.3 Å². The smallest absolute Gasteiger partial charge is 0.244 e. The monoisotopic (exact) mass is 305 g/mol. The Bertz CT molecular complexity index is 996. The van der Waals surface area contributed by atoms with Crippen LogP contribution in [0, 0.1) is 0 Å². The molecule has 0 N–H and O–H groups in total. The summed E-state index contributed by atoms with van der Waals surface area (Å²) in [7, 11) is 1.81. The molecule has 0 saturated carbocycles. The third kappa shape index (κ3) is 1.81. The van der Waals surface area contributed by atoms with Gasteiger partial charge in [0.1, 0.15) is 0 Å². The van der Waals surface area contributed by atoms with Gasteiger partial charge in [0, 0.05) is 11.1 Å². The van der Waals surface area contributed by atoms with Crippen LogP contribution in [0.5, 0.6) is 0 Å². The Labute approximate surface area is 134 Å². The Morgan fingerprint density at radius 2 is 1.52 bits per heavy atom. The molecule has 0 saturated heterocycles. The quantitative estimate of drug-likeness (QED) is 0.508. The summed E-state index contributed by atoms with van der Waals surface area (Å²) in [6, 6.07) is 11.6. The summed E-state index contributed by atoms with van der Waals surface area (Å²) in [4.78, 5) is 26.0. The molecule has 23 heavy (non-hydrogen) atoms. The van der Waals surface area contributed by atoms with Crippen LogP contribution >= 0.6 is 0 Å². The molecule has 1 aliphatic rings. The summed E-state index contributed by atoms with van der Waals surface area (Å²) in [6.45, 7) is 4.02. The molecule has 0 bridgehead atoms. The molecular formula is C19H17N2O2+. The van der Waals surface area contributed by atoms with Crippen LogP contribution in [0.15, 0.2) is 42.7 Å². The van der Waals surface area contributed by atoms with Crippen molar-refractivity contribution in [3.8, 4) is 0 Å². The number of rotatable bonds is 1. The lowest BCUT2D eigenvalue weighted by molar-refractivity contribution is -0.672. The van der Waals surface area contributed by atoms with Crippen molar-refractivity contribution in [3.05, 3.63) is 65.2 Å². The Morgan fingerprint density at radius 1 is 0.957 bits per heavy atom. The minimum Gasteiger partial charge on any atom is -0.284 e. The zero-order valence-electron chi connectivity index (χ0n) is 13.3. The second kappa shape index (κ2) is 4.62. The predicted octanol–water partition coefficient (Wildman–Crippen LogP) is 2.82. The fourth-order valence-corrected chi connectivity index (χ4v) is 3.35. The van der Waals surface area contributed by atoms with E-state index in [2.05, 4.69) is 0 Å². The molecule has 3 aromatic rings. The molecule has 2 aromatic carbocycles. The zero-order chi connectivity index (χ0) is 16.3. The standard InChI is InChI=1S/C19H17N2O2/c1-11(2)21-10-20(3)16-17(21)19(23)15-9-13-7-5-4-6-12(13)8-14(15)18(16)22/h4-11H,1-3H3/q+1. The van der Waals surface area contributed by atoms with E-state index in [1.165, 1.54) is 0 Å². The molecule has 0 radical (unpaired) electrons. The zero-order valence-corrected chi connectivity index (χ0v) is 13.3. The highest BCUT2D eigenvalue weighted by atomic mass is 16.1. The molecule has 0 spiro atoms. The summed E-state index contributed by atoms with van der Waals surface area (Å²) >= 11 is 0. The molecule has 0 unspecified atom stereocenters. The Balaban J connectivity index is 2.05. The molecule has 4 rings (SSSR count). The average Bonchev–Trinajstić information content (AvgIpc) is 2.89. The fourth-order valence-electron chi connectivity index (χ4n) is 3.35. The lowest BCUT2D eigenvalue weighted by Gasteiger charge is -2.15. The third-order valence-electron chi connectivity index (χ3n) is 4.49. The lowest BCUT2D eigenvalue weighted by atomic mass is 9.87. The number of fused-ring (bicyclic) bond motifs is 3. The lowest BCUT2D eigenvalue weighted by Crippen LogP contribution is -2.36. The van der Waals surface area contributed by atoms with E-state index in [9.17, 15) is 9.59 Å². The maximum atomic E-state index is 13.0. The number of hydrogen-bond acceptors (Lipinski definition) is 2. The second-order valence-corrected chi connectivity index (χ2v) is 6.33. The molecule has 1 aliphatic carbocycles. The first-order chi connectivity index (χ1) is 11.0. The summed E-state index contributed by atoms with van der Waals surface area (Å²) in [5, 5.41) is 1.95. The maximum absolute atomic E-state index is 13.0. The van der Waals surface area contributed by atoms with E-state index < -0.39 is 0 Å². The van der Waals surface area contributed by atoms with Crippen molar-refractivity contribution in [2.75, 3.05) is 0 Å². The van der Waals surface area contributed by atoms with E-state index in [4.69, 9.17) is 0 Å². The van der Waals surface area contributed by atoms with E-state index >= 15 is 0 Å². The van der Waals surface area contributed by atoms with Crippen LogP contribution in [-0.2, 0) is 7.05 Å². The van der Waals surface area contributed by atoms with E-state index in [0.29, 0.717) is 22.5 Å². The van der Waals surface area contributed by atoms with E-state index in [1.807, 2.05) is 68.2 Å². The van der Waals surface area contributed by atoms with Gasteiger partial charge in [-0.25, -0.2) is 9.13 Å². The highest BCUT2D eigenvalue weighted by Crippen LogP contribution is 2.30. The first-order valence-corrected chi connectivity index (χ1v) is 7.71. The molecule has 0 atom stereocenters. The van der Waals surface area contributed by atoms with Crippen LogP contribution in [0.3, 0.4) is 0 Å². The van der Waals surface area contributed by atoms with Gasteiger partial charge in [-0.05, 0) is 36.8 Å². The van der Waals surface area contributed by atoms with Gasteiger partial charge in [0.15, 0.2) is 0 Å². The van der Waals surface area contributed by atoms with Crippen LogP contribution in [0.1, 0.15) is 52.0 Å². The number of carbonyl (C=O) groups is 2. The van der Waals surface area contributed by atoms with Crippen molar-refractivity contribution in [2.45, 2.75) is 19.9 Å². The first-order valence-electron chi connectivity index (χ1n) is 7.71. The van der Waals surface area contributed by atoms with Gasteiger partial charge < -0.3 is 0 Å². The third-order valence-corrected chi connectivity index (χ3v) is 4.49. The van der Waals surface area contributed by atoms with Crippen LogP contribution in [-0.4, -0.2) is 16.1 Å². The average molecular weight is 305 g/mol. The van der Waals surface area contributed by atoms with Gasteiger partial charge in [0.05, 0.1) is 13.1 Å². The topological polar surface area (TPSA) is 43.0 Å². The van der Waals surface area contributed by atoms with Crippen molar-refractivity contribution in [1.29, 1.82) is 0 Å². The van der Waals surface area contributed by atoms with Crippen molar-refractivity contribution in [3.63, 3.8) is 0 Å². The van der Waals surface area contributed by atoms with Crippen molar-refractivity contribution in [2.24, 2.45) is 7.05 Å². The second-order valence-electron chi connectivity index (χ2n) is 6.33. The minimum atomic E-state index is -0.0812. The van der Waals surface area contributed by atoms with Crippen LogP contribution in [0.25, 0.3) is 10.8 Å². The summed E-state index contributed by atoms with van der Waals surface area (Å²) in [5.74, 6) is -0.156. The summed E-state index contributed by atoms with van der Waals surface area (Å²) < 4.78 is 3.64. The molecule has 1 aromatic heterocycles. The fraction of sp³-hybridized carbons (Fsp3) is 0.211. The van der Waals surface area contributed by atoms with E-state index in [-0.39, 0.29) is 17.6 Å². The Hall–Kier alpha value is -2.75. The Kier molecular flexibility index (Phi) is 2.79. The van der Waals surface area contributed by atoms with E-state index in [1.54, 1.807) is 4.57 Å². The number of aryl methyl sites for hydroxylation is 1. The largest absolute Gasteiger partial charge is 0.284 e. The van der Waals surface area contributed by atoms with Gasteiger partial charge >= 0.3 is 0 Å². The van der Waals surface area contributed by atoms with Gasteiger partial charge in [-0.15, -0.1) is 0 Å². The number of ketones is 2. The number of aromatic nitrogens is 2. The van der Waals surface area contributed by atoms with E-state index in [0.717, 1.165) is 10.8 Å². The highest BCUT2D eigenvalue weighted by molar-refractivity contribution is 6.27. The maximum Gasteiger partial charge on any atom is 0.244 e. The molecule has 114 valence electrons. The van der Waals surface area contributed by atoms with Crippen molar-refractivity contribution in [1.82, 2.24) is 4.57 Å². The van der Waals surface area contributed by atoms with Gasteiger partial charge in [-0.1, -0.05) is 24.3 Å². The van der Waals surface area contributed by atoms with Crippen LogP contribution in [0.4, 0.5) is 0 Å². The molecule has 0 amide bonds. The number of hydrogen-bond donors (Lipinski definition) is 0.